The van der Waals surface area contributed by atoms with E-state index < -0.39 is 33.4 Å². The van der Waals surface area contributed by atoms with Crippen molar-refractivity contribution in [1.29, 1.82) is 0 Å². The van der Waals surface area contributed by atoms with Crippen molar-refractivity contribution in [2.45, 2.75) is 4.90 Å². The molecule has 0 fully saturated rings. The number of non-ortho nitro benzene ring substituents is 1. The lowest BCUT2D eigenvalue weighted by Crippen LogP contribution is -2.23. The molecule has 0 aromatic heterocycles. The number of sulfonamides is 1. The van der Waals surface area contributed by atoms with Gasteiger partial charge in [-0.15, -0.1) is 0 Å². The van der Waals surface area contributed by atoms with Gasteiger partial charge < -0.3 is 10.1 Å². The number of anilines is 1. The highest BCUT2D eigenvalue weighted by Gasteiger charge is 2.17. The molecule has 1 amide bonds. The highest BCUT2D eigenvalue weighted by atomic mass is 32.2. The van der Waals surface area contributed by atoms with E-state index in [-0.39, 0.29) is 16.3 Å². The van der Waals surface area contributed by atoms with Crippen LogP contribution in [0.2, 0.25) is 0 Å². The van der Waals surface area contributed by atoms with Gasteiger partial charge in [-0.2, -0.15) is 0 Å². The molecule has 0 aliphatic heterocycles. The zero-order valence-electron chi connectivity index (χ0n) is 16.1. The average molecular weight is 433 g/mol. The van der Waals surface area contributed by atoms with E-state index in [1.807, 2.05) is 0 Å². The Kier molecular flexibility index (Phi) is 7.39. The van der Waals surface area contributed by atoms with Gasteiger partial charge in [0.2, 0.25) is 10.0 Å². The summed E-state index contributed by atoms with van der Waals surface area (Å²) >= 11 is 0. The maximum Gasteiger partial charge on any atom is 0.331 e. The fraction of sp³-hybridized carbons (Fsp3) is 0.158. The number of esters is 1. The van der Waals surface area contributed by atoms with E-state index in [0.29, 0.717) is 5.56 Å². The summed E-state index contributed by atoms with van der Waals surface area (Å²) in [5.74, 6) is -1.43. The minimum absolute atomic E-state index is 0.00771. The summed E-state index contributed by atoms with van der Waals surface area (Å²) in [6, 6.07) is 11.2. The van der Waals surface area contributed by atoms with E-state index in [1.165, 1.54) is 68.7 Å². The van der Waals surface area contributed by atoms with Gasteiger partial charge in [0.25, 0.3) is 11.6 Å². The summed E-state index contributed by atoms with van der Waals surface area (Å²) in [6.45, 7) is -0.575. The fourth-order valence-electron chi connectivity index (χ4n) is 2.20. The minimum Gasteiger partial charge on any atom is -0.452 e. The summed E-state index contributed by atoms with van der Waals surface area (Å²) in [7, 11) is -0.866. The molecule has 0 radical (unpaired) electrons. The molecule has 11 heteroatoms. The summed E-state index contributed by atoms with van der Waals surface area (Å²) in [4.78, 5) is 33.7. The van der Waals surface area contributed by atoms with Crippen LogP contribution in [0.25, 0.3) is 6.08 Å². The van der Waals surface area contributed by atoms with Crippen molar-refractivity contribution < 1.29 is 27.7 Å². The van der Waals surface area contributed by atoms with E-state index in [9.17, 15) is 28.1 Å². The number of carbonyl (C=O) groups is 2. The molecule has 0 saturated heterocycles. The molecule has 10 nitrogen and oxygen atoms in total. The Hall–Kier alpha value is -3.57. The second kappa shape index (κ2) is 9.76. The third-order valence-electron chi connectivity index (χ3n) is 3.76. The Labute approximate surface area is 173 Å². The minimum atomic E-state index is -3.65. The van der Waals surface area contributed by atoms with Gasteiger partial charge in [-0.3, -0.25) is 14.9 Å². The van der Waals surface area contributed by atoms with Crippen LogP contribution in [0.3, 0.4) is 0 Å². The molecule has 0 bridgehead atoms. The summed E-state index contributed by atoms with van der Waals surface area (Å²) in [5, 5.41) is 13.1. The van der Waals surface area contributed by atoms with Crippen molar-refractivity contribution in [1.82, 2.24) is 4.31 Å². The summed E-state index contributed by atoms with van der Waals surface area (Å²) < 4.78 is 30.1. The van der Waals surface area contributed by atoms with Crippen LogP contribution in [0, 0.1) is 10.1 Å². The maximum absolute atomic E-state index is 12.1. The van der Waals surface area contributed by atoms with Crippen LogP contribution in [-0.2, 0) is 24.3 Å². The first kappa shape index (κ1) is 22.7. The second-order valence-corrected chi connectivity index (χ2v) is 8.30. The van der Waals surface area contributed by atoms with Gasteiger partial charge in [0.05, 0.1) is 9.82 Å². The van der Waals surface area contributed by atoms with Gasteiger partial charge >= 0.3 is 5.97 Å². The quantitative estimate of drug-likeness (QED) is 0.291. The number of amides is 1. The maximum atomic E-state index is 12.1. The third-order valence-corrected chi connectivity index (χ3v) is 5.57. The standard InChI is InChI=1S/C19H19N3O7S/c1-21(2)30(27,28)17-5-3-4-15(12-17)20-18(23)13-29-19(24)11-8-14-6-9-16(10-7-14)22(25)26/h3-12H,13H2,1-2H3,(H,20,23). The van der Waals surface area contributed by atoms with Crippen molar-refractivity contribution in [2.24, 2.45) is 0 Å². The van der Waals surface area contributed by atoms with E-state index in [4.69, 9.17) is 4.74 Å². The fourth-order valence-corrected chi connectivity index (χ4v) is 3.15. The number of benzene rings is 2. The number of hydrogen-bond acceptors (Lipinski definition) is 7. The molecule has 2 aromatic rings. The van der Waals surface area contributed by atoms with Gasteiger partial charge in [0.15, 0.2) is 6.61 Å². The van der Waals surface area contributed by atoms with Crippen LogP contribution in [-0.4, -0.2) is 50.2 Å². The molecule has 0 aliphatic carbocycles. The van der Waals surface area contributed by atoms with Crippen molar-refractivity contribution >= 4 is 39.4 Å². The Bertz CT molecular complexity index is 1080. The summed E-state index contributed by atoms with van der Waals surface area (Å²) in [5.41, 5.74) is 0.704. The molecule has 0 saturated carbocycles. The normalized spacial score (nSPS) is 11.4. The molecule has 0 spiro atoms. The number of nitro groups is 1. The molecule has 158 valence electrons. The number of nitrogens with one attached hydrogen (secondary N) is 1. The molecule has 1 N–H and O–H groups in total. The zero-order valence-corrected chi connectivity index (χ0v) is 17.0. The molecule has 0 aliphatic rings. The van der Waals surface area contributed by atoms with Crippen LogP contribution < -0.4 is 5.32 Å². The van der Waals surface area contributed by atoms with Gasteiger partial charge in [-0.25, -0.2) is 17.5 Å². The smallest absolute Gasteiger partial charge is 0.331 e. The predicted molar refractivity (Wildman–Crippen MR) is 109 cm³/mol. The van der Waals surface area contributed by atoms with Gasteiger partial charge in [0, 0.05) is 38.0 Å². The zero-order chi connectivity index (χ0) is 22.3. The lowest BCUT2D eigenvalue weighted by Gasteiger charge is -2.12. The molecule has 2 aromatic carbocycles. The molecule has 0 heterocycles. The largest absolute Gasteiger partial charge is 0.452 e. The van der Waals surface area contributed by atoms with E-state index in [2.05, 4.69) is 5.32 Å². The van der Waals surface area contributed by atoms with Crippen LogP contribution in [0.1, 0.15) is 5.56 Å². The molecular weight excluding hydrogens is 414 g/mol. The molecule has 30 heavy (non-hydrogen) atoms. The van der Waals surface area contributed by atoms with Crippen LogP contribution >= 0.6 is 0 Å². The number of nitrogens with zero attached hydrogens (tertiary/aromatic N) is 2. The third kappa shape index (κ3) is 6.22. The van der Waals surface area contributed by atoms with Crippen molar-refractivity contribution in [2.75, 3.05) is 26.0 Å². The molecule has 0 atom stereocenters. The van der Waals surface area contributed by atoms with Crippen LogP contribution in [0.4, 0.5) is 11.4 Å². The lowest BCUT2D eigenvalue weighted by atomic mass is 10.2. The van der Waals surface area contributed by atoms with Crippen molar-refractivity contribution in [3.8, 4) is 0 Å². The Balaban J connectivity index is 1.90. The van der Waals surface area contributed by atoms with Crippen molar-refractivity contribution in [3.05, 3.63) is 70.3 Å². The van der Waals surface area contributed by atoms with E-state index in [1.54, 1.807) is 0 Å². The topological polar surface area (TPSA) is 136 Å². The second-order valence-electron chi connectivity index (χ2n) is 6.15. The molecule has 0 unspecified atom stereocenters. The van der Waals surface area contributed by atoms with Crippen molar-refractivity contribution in [3.63, 3.8) is 0 Å². The first-order valence-corrected chi connectivity index (χ1v) is 9.95. The number of nitro benzene ring substituents is 1. The number of rotatable bonds is 8. The number of hydrogen-bond donors (Lipinski definition) is 1. The highest BCUT2D eigenvalue weighted by Crippen LogP contribution is 2.18. The van der Waals surface area contributed by atoms with Crippen LogP contribution in [0.15, 0.2) is 59.5 Å². The lowest BCUT2D eigenvalue weighted by molar-refractivity contribution is -0.384. The Morgan fingerprint density at radius 3 is 2.43 bits per heavy atom. The van der Waals surface area contributed by atoms with Crippen LogP contribution in [0.5, 0.6) is 0 Å². The monoisotopic (exact) mass is 433 g/mol. The Morgan fingerprint density at radius 2 is 1.83 bits per heavy atom. The van der Waals surface area contributed by atoms with E-state index >= 15 is 0 Å². The number of ether oxygens (including phenoxy) is 1. The first-order valence-electron chi connectivity index (χ1n) is 8.51. The molecular formula is C19H19N3O7S. The van der Waals surface area contributed by atoms with Gasteiger partial charge in [-0.05, 0) is 42.0 Å². The SMILES string of the molecule is CN(C)S(=O)(=O)c1cccc(NC(=O)COC(=O)C=Cc2ccc([N+](=O)[O-])cc2)c1. The summed E-state index contributed by atoms with van der Waals surface area (Å²) in [6.07, 6.45) is 2.47. The Morgan fingerprint density at radius 1 is 1.17 bits per heavy atom. The highest BCUT2D eigenvalue weighted by molar-refractivity contribution is 7.89. The van der Waals surface area contributed by atoms with Gasteiger partial charge in [0.1, 0.15) is 0 Å². The van der Waals surface area contributed by atoms with Gasteiger partial charge in [-0.1, -0.05) is 6.07 Å². The first-order chi connectivity index (χ1) is 14.1. The number of carbonyl (C=O) groups excluding carboxylic acids is 2. The predicted octanol–water partition coefficient (Wildman–Crippen LogP) is 2.04. The average Bonchev–Trinajstić information content (AvgIpc) is 2.71. The molecule has 2 rings (SSSR count). The van der Waals surface area contributed by atoms with E-state index in [0.717, 1.165) is 10.4 Å².